The minimum absolute atomic E-state index is 0.313. The summed E-state index contributed by atoms with van der Waals surface area (Å²) in [6.07, 6.45) is 1.60. The molecule has 0 aliphatic carbocycles. The second-order valence-corrected chi connectivity index (χ2v) is 3.82. The van der Waals surface area contributed by atoms with Crippen LogP contribution in [0, 0.1) is 6.92 Å². The molecule has 0 aromatic carbocycles. The topological polar surface area (TPSA) is 52.3 Å². The van der Waals surface area contributed by atoms with Crippen LogP contribution in [0.1, 0.15) is 16.1 Å². The van der Waals surface area contributed by atoms with E-state index in [0.29, 0.717) is 16.5 Å². The molecule has 78 valence electrons. The Labute approximate surface area is 90.5 Å². The summed E-state index contributed by atoms with van der Waals surface area (Å²) in [5.41, 5.74) is 1.31. The van der Waals surface area contributed by atoms with Crippen LogP contribution in [0.3, 0.4) is 0 Å². The SMILES string of the molecule is COC(=O)c1csc(-c2occc2C)n1. The Morgan fingerprint density at radius 3 is 3.00 bits per heavy atom. The predicted octanol–water partition coefficient (Wildman–Crippen LogP) is 2.50. The molecule has 0 amide bonds. The van der Waals surface area contributed by atoms with Gasteiger partial charge in [-0.25, -0.2) is 9.78 Å². The number of nitrogens with zero attached hydrogens (tertiary/aromatic N) is 1. The molecule has 0 saturated carbocycles. The summed E-state index contributed by atoms with van der Waals surface area (Å²) in [4.78, 5) is 15.3. The minimum Gasteiger partial charge on any atom is -0.464 e. The van der Waals surface area contributed by atoms with Crippen molar-refractivity contribution >= 4 is 17.3 Å². The average molecular weight is 223 g/mol. The Kier molecular flexibility index (Phi) is 2.55. The highest BCUT2D eigenvalue weighted by molar-refractivity contribution is 7.13. The first-order chi connectivity index (χ1) is 7.22. The molecule has 0 fully saturated rings. The summed E-state index contributed by atoms with van der Waals surface area (Å²) in [5.74, 6) is 0.275. The first-order valence-corrected chi connectivity index (χ1v) is 5.18. The molecule has 0 aliphatic rings. The van der Waals surface area contributed by atoms with Crippen molar-refractivity contribution in [1.29, 1.82) is 0 Å². The van der Waals surface area contributed by atoms with Crippen LogP contribution in [0.5, 0.6) is 0 Å². The number of furan rings is 1. The van der Waals surface area contributed by atoms with Gasteiger partial charge in [-0.1, -0.05) is 0 Å². The lowest BCUT2D eigenvalue weighted by atomic mass is 10.3. The molecular formula is C10H9NO3S. The van der Waals surface area contributed by atoms with Crippen LogP contribution < -0.4 is 0 Å². The average Bonchev–Trinajstić information content (AvgIpc) is 2.84. The second kappa shape index (κ2) is 3.86. The van der Waals surface area contributed by atoms with E-state index in [2.05, 4.69) is 9.72 Å². The van der Waals surface area contributed by atoms with Gasteiger partial charge in [-0.3, -0.25) is 0 Å². The molecule has 0 bridgehead atoms. The van der Waals surface area contributed by atoms with Crippen LogP contribution >= 0.6 is 11.3 Å². The van der Waals surface area contributed by atoms with Crippen molar-refractivity contribution in [2.75, 3.05) is 7.11 Å². The number of carbonyl (C=O) groups is 1. The zero-order chi connectivity index (χ0) is 10.8. The van der Waals surface area contributed by atoms with Gasteiger partial charge >= 0.3 is 5.97 Å². The number of thiazole rings is 1. The number of methoxy groups -OCH3 is 1. The van der Waals surface area contributed by atoms with Crippen LogP contribution in [0.25, 0.3) is 10.8 Å². The molecule has 0 atom stereocenters. The van der Waals surface area contributed by atoms with Gasteiger partial charge in [-0.2, -0.15) is 0 Å². The third-order valence-corrected chi connectivity index (χ3v) is 2.80. The fraction of sp³-hybridized carbons (Fsp3) is 0.200. The lowest BCUT2D eigenvalue weighted by molar-refractivity contribution is 0.0595. The minimum atomic E-state index is -0.429. The van der Waals surface area contributed by atoms with Gasteiger partial charge in [0.1, 0.15) is 0 Å². The van der Waals surface area contributed by atoms with Gasteiger partial charge in [0.05, 0.1) is 13.4 Å². The Hall–Kier alpha value is -1.62. The molecule has 0 unspecified atom stereocenters. The van der Waals surface area contributed by atoms with Gasteiger partial charge in [0.2, 0.25) is 0 Å². The third-order valence-electron chi connectivity index (χ3n) is 1.96. The van der Waals surface area contributed by atoms with Crippen molar-refractivity contribution in [3.8, 4) is 10.8 Å². The summed E-state index contributed by atoms with van der Waals surface area (Å²) in [6, 6.07) is 1.86. The number of carbonyl (C=O) groups excluding carboxylic acids is 1. The van der Waals surface area contributed by atoms with Gasteiger partial charge in [-0.05, 0) is 18.6 Å². The highest BCUT2D eigenvalue weighted by Gasteiger charge is 2.14. The maximum Gasteiger partial charge on any atom is 0.357 e. The molecule has 4 nitrogen and oxygen atoms in total. The van der Waals surface area contributed by atoms with E-state index in [4.69, 9.17) is 4.42 Å². The summed E-state index contributed by atoms with van der Waals surface area (Å²) >= 11 is 1.36. The number of aromatic nitrogens is 1. The molecule has 2 heterocycles. The monoisotopic (exact) mass is 223 g/mol. The molecule has 5 heteroatoms. The Bertz CT molecular complexity index is 486. The maximum atomic E-state index is 11.2. The van der Waals surface area contributed by atoms with Gasteiger partial charge in [-0.15, -0.1) is 11.3 Å². The number of aryl methyl sites for hydroxylation is 1. The fourth-order valence-corrected chi connectivity index (χ4v) is 2.01. The Balaban J connectivity index is 2.36. The second-order valence-electron chi connectivity index (χ2n) is 2.96. The van der Waals surface area contributed by atoms with E-state index in [1.165, 1.54) is 18.4 Å². The van der Waals surface area contributed by atoms with E-state index in [9.17, 15) is 4.79 Å². The number of rotatable bonds is 2. The number of ether oxygens (including phenoxy) is 1. The molecule has 2 aromatic rings. The molecule has 0 radical (unpaired) electrons. The van der Waals surface area contributed by atoms with Crippen molar-refractivity contribution in [2.24, 2.45) is 0 Å². The third kappa shape index (κ3) is 1.78. The van der Waals surface area contributed by atoms with Crippen molar-refractivity contribution in [3.05, 3.63) is 29.0 Å². The summed E-state index contributed by atoms with van der Waals surface area (Å²) < 4.78 is 9.84. The molecule has 0 aliphatic heterocycles. The molecule has 15 heavy (non-hydrogen) atoms. The number of esters is 1. The van der Waals surface area contributed by atoms with Crippen molar-refractivity contribution in [2.45, 2.75) is 6.92 Å². The highest BCUT2D eigenvalue weighted by atomic mass is 32.1. The van der Waals surface area contributed by atoms with E-state index >= 15 is 0 Å². The quantitative estimate of drug-likeness (QED) is 0.734. The van der Waals surface area contributed by atoms with Gasteiger partial charge in [0, 0.05) is 5.38 Å². The summed E-state index contributed by atoms with van der Waals surface area (Å²) in [5, 5.41) is 2.35. The van der Waals surface area contributed by atoms with Crippen LogP contribution in [-0.4, -0.2) is 18.1 Å². The predicted molar refractivity (Wildman–Crippen MR) is 55.9 cm³/mol. The molecule has 0 N–H and O–H groups in total. The van der Waals surface area contributed by atoms with Crippen LogP contribution in [0.15, 0.2) is 22.1 Å². The summed E-state index contributed by atoms with van der Waals surface area (Å²) in [7, 11) is 1.33. The van der Waals surface area contributed by atoms with Crippen LogP contribution in [0.2, 0.25) is 0 Å². The van der Waals surface area contributed by atoms with E-state index in [1.54, 1.807) is 11.6 Å². The van der Waals surface area contributed by atoms with E-state index in [-0.39, 0.29) is 0 Å². The normalized spacial score (nSPS) is 10.3. The van der Waals surface area contributed by atoms with Crippen molar-refractivity contribution in [3.63, 3.8) is 0 Å². The highest BCUT2D eigenvalue weighted by Crippen LogP contribution is 2.27. The lowest BCUT2D eigenvalue weighted by Crippen LogP contribution is -2.00. The molecule has 2 rings (SSSR count). The van der Waals surface area contributed by atoms with Crippen LogP contribution in [-0.2, 0) is 4.74 Å². The van der Waals surface area contributed by atoms with Gasteiger partial charge in [0.25, 0.3) is 0 Å². The Morgan fingerprint density at radius 2 is 2.40 bits per heavy atom. The maximum absolute atomic E-state index is 11.2. The molecule has 0 spiro atoms. The molecule has 2 aromatic heterocycles. The van der Waals surface area contributed by atoms with Gasteiger partial charge in [0.15, 0.2) is 16.5 Å². The fourth-order valence-electron chi connectivity index (χ4n) is 1.17. The number of hydrogen-bond donors (Lipinski definition) is 0. The largest absolute Gasteiger partial charge is 0.464 e. The van der Waals surface area contributed by atoms with Crippen LogP contribution in [0.4, 0.5) is 0 Å². The van der Waals surface area contributed by atoms with Gasteiger partial charge < -0.3 is 9.15 Å². The van der Waals surface area contributed by atoms with E-state index in [0.717, 1.165) is 5.56 Å². The molecular weight excluding hydrogens is 214 g/mol. The first-order valence-electron chi connectivity index (χ1n) is 4.30. The number of hydrogen-bond acceptors (Lipinski definition) is 5. The first kappa shape index (κ1) is 9.92. The van der Waals surface area contributed by atoms with Crippen molar-refractivity contribution < 1.29 is 13.9 Å². The Morgan fingerprint density at radius 1 is 1.60 bits per heavy atom. The standard InChI is InChI=1S/C10H9NO3S/c1-6-3-4-14-8(6)9-11-7(5-15-9)10(12)13-2/h3-5H,1-2H3. The molecule has 0 saturated heterocycles. The zero-order valence-corrected chi connectivity index (χ0v) is 9.13. The van der Waals surface area contributed by atoms with E-state index in [1.807, 2.05) is 13.0 Å². The lowest BCUT2D eigenvalue weighted by Gasteiger charge is -1.92. The van der Waals surface area contributed by atoms with E-state index < -0.39 is 5.97 Å². The van der Waals surface area contributed by atoms with Crippen molar-refractivity contribution in [1.82, 2.24) is 4.98 Å². The zero-order valence-electron chi connectivity index (χ0n) is 8.31. The summed E-state index contributed by atoms with van der Waals surface area (Å²) in [6.45, 7) is 1.93. The smallest absolute Gasteiger partial charge is 0.357 e.